The first-order valence-corrected chi connectivity index (χ1v) is 7.80. The van der Waals surface area contributed by atoms with Gasteiger partial charge in [0, 0.05) is 17.4 Å². The fraction of sp³-hybridized carbons (Fsp3) is 0.562. The van der Waals surface area contributed by atoms with Crippen LogP contribution in [0.5, 0.6) is 0 Å². The molecule has 2 nitrogen and oxygen atoms in total. The van der Waals surface area contributed by atoms with E-state index in [0.29, 0.717) is 12.3 Å². The Morgan fingerprint density at radius 2 is 1.89 bits per heavy atom. The summed E-state index contributed by atoms with van der Waals surface area (Å²) in [7, 11) is 0. The van der Waals surface area contributed by atoms with Crippen molar-refractivity contribution in [2.24, 2.45) is 5.41 Å². The van der Waals surface area contributed by atoms with Gasteiger partial charge in [-0.15, -0.1) is 11.8 Å². The Kier molecular flexibility index (Phi) is 4.24. The summed E-state index contributed by atoms with van der Waals surface area (Å²) in [6.07, 6.45) is 1.64. The molecule has 1 aliphatic rings. The molecule has 0 saturated carbocycles. The number of thioether (sulfide) groups is 1. The van der Waals surface area contributed by atoms with Gasteiger partial charge < -0.3 is 4.90 Å². The van der Waals surface area contributed by atoms with Crippen molar-refractivity contribution < 1.29 is 4.79 Å². The minimum atomic E-state index is 0.121. The lowest BCUT2D eigenvalue weighted by Gasteiger charge is -2.38. The average molecular weight is 277 g/mol. The summed E-state index contributed by atoms with van der Waals surface area (Å²) in [6.45, 7) is 8.77. The number of hydrogen-bond acceptors (Lipinski definition) is 2. The lowest BCUT2D eigenvalue weighted by atomic mass is 9.87. The summed E-state index contributed by atoms with van der Waals surface area (Å²) in [5.74, 6) is 0.302. The molecule has 2 atom stereocenters. The zero-order valence-electron chi connectivity index (χ0n) is 12.2. The highest BCUT2D eigenvalue weighted by molar-refractivity contribution is 8.00. The van der Waals surface area contributed by atoms with Crippen molar-refractivity contribution in [1.29, 1.82) is 0 Å². The van der Waals surface area contributed by atoms with E-state index in [0.717, 1.165) is 6.42 Å². The number of amides is 1. The van der Waals surface area contributed by atoms with Crippen molar-refractivity contribution >= 4 is 17.7 Å². The monoisotopic (exact) mass is 277 g/mol. The summed E-state index contributed by atoms with van der Waals surface area (Å²) in [5, 5.41) is 0.282. The van der Waals surface area contributed by atoms with Crippen molar-refractivity contribution in [3.8, 4) is 0 Å². The van der Waals surface area contributed by atoms with E-state index in [4.69, 9.17) is 0 Å². The van der Waals surface area contributed by atoms with E-state index in [1.54, 1.807) is 0 Å². The largest absolute Gasteiger partial charge is 0.327 e. The van der Waals surface area contributed by atoms with E-state index in [9.17, 15) is 4.79 Å². The quantitative estimate of drug-likeness (QED) is 0.826. The summed E-state index contributed by atoms with van der Waals surface area (Å²) < 4.78 is 0. The molecule has 1 fully saturated rings. The molecular formula is C16H23NOS. The minimum absolute atomic E-state index is 0.121. The first-order valence-electron chi connectivity index (χ1n) is 6.92. The lowest BCUT2D eigenvalue weighted by Crippen LogP contribution is -2.45. The SMILES string of the molecule is CC(N1C(=O)CCC1Sc1ccccc1)C(C)(C)C. The van der Waals surface area contributed by atoms with Gasteiger partial charge in [-0.25, -0.2) is 0 Å². The van der Waals surface area contributed by atoms with Gasteiger partial charge in [-0.3, -0.25) is 4.79 Å². The van der Waals surface area contributed by atoms with Crippen LogP contribution in [0.3, 0.4) is 0 Å². The molecule has 1 aromatic rings. The number of carbonyl (C=O) groups excluding carboxylic acids is 1. The number of nitrogens with zero attached hydrogens (tertiary/aromatic N) is 1. The van der Waals surface area contributed by atoms with Crippen LogP contribution in [0.25, 0.3) is 0 Å². The van der Waals surface area contributed by atoms with E-state index in [-0.39, 0.29) is 16.8 Å². The van der Waals surface area contributed by atoms with E-state index >= 15 is 0 Å². The van der Waals surface area contributed by atoms with Crippen LogP contribution in [0.15, 0.2) is 35.2 Å². The van der Waals surface area contributed by atoms with Crippen LogP contribution in [-0.4, -0.2) is 22.2 Å². The van der Waals surface area contributed by atoms with Gasteiger partial charge in [-0.1, -0.05) is 39.0 Å². The molecule has 3 heteroatoms. The molecule has 2 rings (SSSR count). The van der Waals surface area contributed by atoms with E-state index in [2.05, 4.69) is 56.9 Å². The fourth-order valence-electron chi connectivity index (χ4n) is 2.33. The molecule has 0 bridgehead atoms. The average Bonchev–Trinajstić information content (AvgIpc) is 2.70. The van der Waals surface area contributed by atoms with Gasteiger partial charge in [0.2, 0.25) is 5.91 Å². The van der Waals surface area contributed by atoms with Gasteiger partial charge in [-0.05, 0) is 30.9 Å². The summed E-state index contributed by atoms with van der Waals surface area (Å²) in [6, 6.07) is 10.6. The van der Waals surface area contributed by atoms with Gasteiger partial charge in [0.05, 0.1) is 5.37 Å². The molecule has 0 aromatic heterocycles. The first kappa shape index (κ1) is 14.4. The minimum Gasteiger partial charge on any atom is -0.327 e. The topological polar surface area (TPSA) is 20.3 Å². The van der Waals surface area contributed by atoms with Crippen LogP contribution < -0.4 is 0 Å². The zero-order chi connectivity index (χ0) is 14.0. The maximum absolute atomic E-state index is 12.2. The highest BCUT2D eigenvalue weighted by Crippen LogP contribution is 2.38. The molecule has 1 amide bonds. The van der Waals surface area contributed by atoms with E-state index in [1.165, 1.54) is 4.90 Å². The molecule has 1 aliphatic heterocycles. The summed E-state index contributed by atoms with van der Waals surface area (Å²) in [4.78, 5) is 15.5. The number of hydrogen-bond donors (Lipinski definition) is 0. The molecule has 1 heterocycles. The predicted octanol–water partition coefficient (Wildman–Crippen LogP) is 4.16. The Balaban J connectivity index is 2.14. The Hall–Kier alpha value is -0.960. The Labute approximate surface area is 120 Å². The third kappa shape index (κ3) is 3.33. The highest BCUT2D eigenvalue weighted by Gasteiger charge is 2.39. The second-order valence-electron chi connectivity index (χ2n) is 6.27. The third-order valence-electron chi connectivity index (χ3n) is 3.89. The molecule has 1 aromatic carbocycles. The normalized spacial score (nSPS) is 21.8. The van der Waals surface area contributed by atoms with Crippen LogP contribution in [0.2, 0.25) is 0 Å². The van der Waals surface area contributed by atoms with Crippen molar-refractivity contribution in [3.05, 3.63) is 30.3 Å². The molecule has 0 spiro atoms. The highest BCUT2D eigenvalue weighted by atomic mass is 32.2. The number of likely N-dealkylation sites (tertiary alicyclic amines) is 1. The Bertz CT molecular complexity index is 438. The lowest BCUT2D eigenvalue weighted by molar-refractivity contribution is -0.131. The van der Waals surface area contributed by atoms with Crippen LogP contribution >= 0.6 is 11.8 Å². The van der Waals surface area contributed by atoms with E-state index < -0.39 is 0 Å². The molecule has 2 unspecified atom stereocenters. The Morgan fingerprint density at radius 3 is 2.47 bits per heavy atom. The first-order chi connectivity index (χ1) is 8.89. The maximum Gasteiger partial charge on any atom is 0.223 e. The van der Waals surface area contributed by atoms with Gasteiger partial charge in [0.15, 0.2) is 0 Å². The second kappa shape index (κ2) is 5.58. The molecule has 19 heavy (non-hydrogen) atoms. The smallest absolute Gasteiger partial charge is 0.223 e. The van der Waals surface area contributed by atoms with Gasteiger partial charge in [-0.2, -0.15) is 0 Å². The predicted molar refractivity (Wildman–Crippen MR) is 81.1 cm³/mol. The van der Waals surface area contributed by atoms with Crippen molar-refractivity contribution in [2.75, 3.05) is 0 Å². The maximum atomic E-state index is 12.2. The zero-order valence-corrected chi connectivity index (χ0v) is 13.0. The molecule has 0 aliphatic carbocycles. The number of rotatable bonds is 3. The second-order valence-corrected chi connectivity index (χ2v) is 7.52. The van der Waals surface area contributed by atoms with Crippen molar-refractivity contribution in [2.45, 2.75) is 56.8 Å². The molecule has 1 saturated heterocycles. The fourth-order valence-corrected chi connectivity index (χ4v) is 3.61. The number of benzene rings is 1. The summed E-state index contributed by atoms with van der Waals surface area (Å²) >= 11 is 1.81. The van der Waals surface area contributed by atoms with Gasteiger partial charge in [0.1, 0.15) is 0 Å². The molecule has 0 radical (unpaired) electrons. The van der Waals surface area contributed by atoms with Crippen molar-refractivity contribution in [3.63, 3.8) is 0 Å². The van der Waals surface area contributed by atoms with Crippen molar-refractivity contribution in [1.82, 2.24) is 4.90 Å². The molecule has 0 N–H and O–H groups in total. The third-order valence-corrected chi connectivity index (χ3v) is 5.17. The van der Waals surface area contributed by atoms with Crippen LogP contribution in [-0.2, 0) is 4.79 Å². The van der Waals surface area contributed by atoms with Gasteiger partial charge >= 0.3 is 0 Å². The van der Waals surface area contributed by atoms with Crippen LogP contribution in [0.1, 0.15) is 40.5 Å². The molecule has 104 valence electrons. The molecular weight excluding hydrogens is 254 g/mol. The standard InChI is InChI=1S/C16H23NOS/c1-12(16(2,3)4)17-14(18)10-11-15(17)19-13-8-6-5-7-9-13/h5-9,12,15H,10-11H2,1-4H3. The van der Waals surface area contributed by atoms with Crippen LogP contribution in [0.4, 0.5) is 0 Å². The summed E-state index contributed by atoms with van der Waals surface area (Å²) in [5.41, 5.74) is 0.121. The van der Waals surface area contributed by atoms with Gasteiger partial charge in [0.25, 0.3) is 0 Å². The van der Waals surface area contributed by atoms with E-state index in [1.807, 2.05) is 17.8 Å². The number of carbonyl (C=O) groups is 1. The Morgan fingerprint density at radius 1 is 1.26 bits per heavy atom. The van der Waals surface area contributed by atoms with Crippen LogP contribution in [0, 0.1) is 5.41 Å².